The highest BCUT2D eigenvalue weighted by Gasteiger charge is 2.42. The van der Waals surface area contributed by atoms with E-state index in [1.807, 2.05) is 30.3 Å². The highest BCUT2D eigenvalue weighted by Crippen LogP contribution is 2.21. The van der Waals surface area contributed by atoms with Crippen molar-refractivity contribution in [3.63, 3.8) is 0 Å². The van der Waals surface area contributed by atoms with Gasteiger partial charge in [-0.1, -0.05) is 30.3 Å². The molecule has 0 spiro atoms. The summed E-state index contributed by atoms with van der Waals surface area (Å²) in [4.78, 5) is 42.4. The van der Waals surface area contributed by atoms with Crippen LogP contribution < -0.4 is 0 Å². The number of carbonyl (C=O) groups is 3. The van der Waals surface area contributed by atoms with Gasteiger partial charge in [0.2, 0.25) is 5.91 Å². The maximum Gasteiger partial charge on any atom is 0.270 e. The number of aromatic amines is 1. The summed E-state index contributed by atoms with van der Waals surface area (Å²) in [5.41, 5.74) is 1.28. The van der Waals surface area contributed by atoms with Crippen LogP contribution in [0, 0.1) is 0 Å². The second kappa shape index (κ2) is 6.08. The minimum atomic E-state index is -0.748. The van der Waals surface area contributed by atoms with Gasteiger partial charge in [0.05, 0.1) is 13.0 Å². The molecule has 1 N–H and O–H groups in total. The Hall–Kier alpha value is -2.89. The predicted molar refractivity (Wildman–Crippen MR) is 83.3 cm³/mol. The van der Waals surface area contributed by atoms with Gasteiger partial charge in [-0.3, -0.25) is 19.3 Å². The largest absolute Gasteiger partial charge is 0.357 e. The summed E-state index contributed by atoms with van der Waals surface area (Å²) < 4.78 is 0. The zero-order valence-corrected chi connectivity index (χ0v) is 12.7. The Morgan fingerprint density at radius 2 is 1.96 bits per heavy atom. The molecule has 1 aliphatic heterocycles. The van der Waals surface area contributed by atoms with Gasteiger partial charge in [-0.05, 0) is 17.7 Å². The summed E-state index contributed by atoms with van der Waals surface area (Å²) in [6, 6.07) is 11.9. The maximum absolute atomic E-state index is 12.5. The van der Waals surface area contributed by atoms with Crippen LogP contribution in [0.25, 0.3) is 0 Å². The van der Waals surface area contributed by atoms with Gasteiger partial charge in [0.15, 0.2) is 0 Å². The summed E-state index contributed by atoms with van der Waals surface area (Å²) >= 11 is 0. The summed E-state index contributed by atoms with van der Waals surface area (Å²) in [6.07, 6.45) is 1.67. The van der Waals surface area contributed by atoms with Gasteiger partial charge in [-0.2, -0.15) is 0 Å². The molecular weight excluding hydrogens is 294 g/mol. The number of aromatic nitrogens is 1. The van der Waals surface area contributed by atoms with E-state index in [0.29, 0.717) is 5.69 Å². The molecule has 1 fully saturated rings. The average molecular weight is 311 g/mol. The zero-order chi connectivity index (χ0) is 16.4. The third kappa shape index (κ3) is 2.88. The number of H-pyrrole nitrogens is 1. The molecule has 0 radical (unpaired) electrons. The van der Waals surface area contributed by atoms with Crippen molar-refractivity contribution >= 4 is 17.7 Å². The van der Waals surface area contributed by atoms with Crippen LogP contribution in [0.2, 0.25) is 0 Å². The molecule has 0 bridgehead atoms. The SMILES string of the molecule is CN(C(=O)c1ccc[nH]1)[C@@H]1CC(=O)N(Cc2ccccc2)C1=O. The monoisotopic (exact) mass is 311 g/mol. The molecule has 1 saturated heterocycles. The summed E-state index contributed by atoms with van der Waals surface area (Å²) in [7, 11) is 1.55. The first-order valence-electron chi connectivity index (χ1n) is 7.36. The lowest BCUT2D eigenvalue weighted by Gasteiger charge is -2.22. The van der Waals surface area contributed by atoms with E-state index in [4.69, 9.17) is 0 Å². The fourth-order valence-electron chi connectivity index (χ4n) is 2.70. The lowest BCUT2D eigenvalue weighted by atomic mass is 10.2. The Kier molecular flexibility index (Phi) is 3.97. The Morgan fingerprint density at radius 3 is 2.61 bits per heavy atom. The van der Waals surface area contributed by atoms with E-state index in [1.165, 1.54) is 9.80 Å². The number of benzene rings is 1. The number of amides is 3. The molecule has 1 atom stereocenters. The molecule has 2 heterocycles. The van der Waals surface area contributed by atoms with Crippen LogP contribution in [0.5, 0.6) is 0 Å². The van der Waals surface area contributed by atoms with Crippen molar-refractivity contribution in [1.82, 2.24) is 14.8 Å². The number of carbonyl (C=O) groups excluding carboxylic acids is 3. The fourth-order valence-corrected chi connectivity index (χ4v) is 2.70. The van der Waals surface area contributed by atoms with Crippen LogP contribution in [0.1, 0.15) is 22.5 Å². The van der Waals surface area contributed by atoms with Crippen LogP contribution >= 0.6 is 0 Å². The van der Waals surface area contributed by atoms with Crippen molar-refractivity contribution in [2.75, 3.05) is 7.05 Å². The smallest absolute Gasteiger partial charge is 0.270 e. The van der Waals surface area contributed by atoms with Gasteiger partial charge in [0.25, 0.3) is 11.8 Å². The number of rotatable bonds is 4. The van der Waals surface area contributed by atoms with Crippen molar-refractivity contribution in [1.29, 1.82) is 0 Å². The van der Waals surface area contributed by atoms with Crippen LogP contribution in [0.4, 0.5) is 0 Å². The molecule has 2 aromatic rings. The molecule has 6 heteroatoms. The third-order valence-electron chi connectivity index (χ3n) is 4.02. The molecule has 6 nitrogen and oxygen atoms in total. The minimum absolute atomic E-state index is 0.0224. The van der Waals surface area contributed by atoms with E-state index in [0.717, 1.165) is 5.56 Å². The van der Waals surface area contributed by atoms with Gasteiger partial charge in [0, 0.05) is 13.2 Å². The molecule has 3 amide bonds. The molecule has 3 rings (SSSR count). The Labute approximate surface area is 133 Å². The molecule has 23 heavy (non-hydrogen) atoms. The number of hydrogen-bond acceptors (Lipinski definition) is 3. The highest BCUT2D eigenvalue weighted by atomic mass is 16.2. The summed E-state index contributed by atoms with van der Waals surface area (Å²) in [6.45, 7) is 0.236. The van der Waals surface area contributed by atoms with Crippen molar-refractivity contribution in [3.8, 4) is 0 Å². The summed E-state index contributed by atoms with van der Waals surface area (Å²) in [5.74, 6) is -0.890. The molecule has 0 unspecified atom stereocenters. The number of nitrogens with one attached hydrogen (secondary N) is 1. The molecule has 1 aliphatic rings. The van der Waals surface area contributed by atoms with Gasteiger partial charge in [-0.25, -0.2) is 0 Å². The Morgan fingerprint density at radius 1 is 1.22 bits per heavy atom. The molecular formula is C17H17N3O3. The van der Waals surface area contributed by atoms with Crippen LogP contribution in [0.3, 0.4) is 0 Å². The van der Waals surface area contributed by atoms with Crippen molar-refractivity contribution in [2.24, 2.45) is 0 Å². The van der Waals surface area contributed by atoms with Crippen LogP contribution in [-0.2, 0) is 16.1 Å². The van der Waals surface area contributed by atoms with E-state index >= 15 is 0 Å². The first-order valence-corrected chi connectivity index (χ1v) is 7.36. The van der Waals surface area contributed by atoms with Gasteiger partial charge < -0.3 is 9.88 Å². The summed E-state index contributed by atoms with van der Waals surface area (Å²) in [5, 5.41) is 0. The highest BCUT2D eigenvalue weighted by molar-refractivity contribution is 6.07. The minimum Gasteiger partial charge on any atom is -0.357 e. The quantitative estimate of drug-likeness (QED) is 0.868. The molecule has 1 aromatic carbocycles. The molecule has 0 saturated carbocycles. The number of nitrogens with zero attached hydrogens (tertiary/aromatic N) is 2. The average Bonchev–Trinajstić information content (AvgIpc) is 3.19. The fraction of sp³-hybridized carbons (Fsp3) is 0.235. The van der Waals surface area contributed by atoms with Crippen LogP contribution in [0.15, 0.2) is 48.7 Å². The molecule has 118 valence electrons. The molecule has 1 aromatic heterocycles. The second-order valence-electron chi connectivity index (χ2n) is 5.52. The topological polar surface area (TPSA) is 73.5 Å². The Bertz CT molecular complexity index is 725. The predicted octanol–water partition coefficient (Wildman–Crippen LogP) is 1.41. The number of likely N-dealkylation sites (N-methyl/N-ethyl adjacent to an activating group) is 1. The van der Waals surface area contributed by atoms with Gasteiger partial charge >= 0.3 is 0 Å². The van der Waals surface area contributed by atoms with E-state index in [-0.39, 0.29) is 30.7 Å². The van der Waals surface area contributed by atoms with E-state index < -0.39 is 6.04 Å². The standard InChI is InChI=1S/C17H17N3O3/c1-19(16(22)13-8-5-9-18-13)14-10-15(21)20(17(14)23)11-12-6-3-2-4-7-12/h2-9,14,18H,10-11H2,1H3/t14-/m1/s1. The van der Waals surface area contributed by atoms with E-state index in [2.05, 4.69) is 4.98 Å². The number of likely N-dealkylation sites (tertiary alicyclic amines) is 1. The van der Waals surface area contributed by atoms with E-state index in [1.54, 1.807) is 25.4 Å². The number of hydrogen-bond donors (Lipinski definition) is 1. The second-order valence-corrected chi connectivity index (χ2v) is 5.52. The number of imide groups is 1. The van der Waals surface area contributed by atoms with Crippen molar-refractivity contribution in [2.45, 2.75) is 19.0 Å². The third-order valence-corrected chi connectivity index (χ3v) is 4.02. The lowest BCUT2D eigenvalue weighted by molar-refractivity contribution is -0.140. The Balaban J connectivity index is 1.74. The van der Waals surface area contributed by atoms with Gasteiger partial charge in [-0.15, -0.1) is 0 Å². The first-order chi connectivity index (χ1) is 11.1. The van der Waals surface area contributed by atoms with Crippen molar-refractivity contribution < 1.29 is 14.4 Å². The van der Waals surface area contributed by atoms with Crippen LogP contribution in [-0.4, -0.2) is 45.6 Å². The zero-order valence-electron chi connectivity index (χ0n) is 12.7. The normalized spacial score (nSPS) is 17.6. The lowest BCUT2D eigenvalue weighted by Crippen LogP contribution is -2.43. The first kappa shape index (κ1) is 15.0. The molecule has 0 aliphatic carbocycles. The van der Waals surface area contributed by atoms with Gasteiger partial charge in [0.1, 0.15) is 11.7 Å². The van der Waals surface area contributed by atoms with Crippen molar-refractivity contribution in [3.05, 3.63) is 59.9 Å². The maximum atomic E-state index is 12.5. The van der Waals surface area contributed by atoms with E-state index in [9.17, 15) is 14.4 Å².